The molecule has 2 rings (SSSR count). The number of aryl methyl sites for hydroxylation is 1. The van der Waals surface area contributed by atoms with Gasteiger partial charge in [-0.1, -0.05) is 19.1 Å². The van der Waals surface area contributed by atoms with Gasteiger partial charge in [-0.25, -0.2) is 9.37 Å². The van der Waals surface area contributed by atoms with Crippen LogP contribution >= 0.6 is 35.3 Å². The van der Waals surface area contributed by atoms with Gasteiger partial charge in [-0.3, -0.25) is 4.99 Å². The van der Waals surface area contributed by atoms with E-state index in [1.807, 2.05) is 11.9 Å². The number of benzene rings is 1. The van der Waals surface area contributed by atoms with E-state index in [4.69, 9.17) is 0 Å². The molecule has 2 aromatic rings. The molecule has 0 aliphatic carbocycles. The number of hydrogen-bond acceptors (Lipinski definition) is 3. The van der Waals surface area contributed by atoms with Gasteiger partial charge in [0.15, 0.2) is 5.96 Å². The number of thiazole rings is 1. The lowest BCUT2D eigenvalue weighted by Gasteiger charge is -2.22. The Morgan fingerprint density at radius 3 is 2.62 bits per heavy atom. The number of nitrogens with zero attached hydrogens (tertiary/aromatic N) is 3. The number of aromatic nitrogens is 1. The van der Waals surface area contributed by atoms with Gasteiger partial charge in [0.25, 0.3) is 0 Å². The third-order valence-electron chi connectivity index (χ3n) is 3.47. The Morgan fingerprint density at radius 1 is 1.33 bits per heavy atom. The van der Waals surface area contributed by atoms with Crippen molar-refractivity contribution in [2.75, 3.05) is 20.6 Å². The highest BCUT2D eigenvalue weighted by molar-refractivity contribution is 14.0. The van der Waals surface area contributed by atoms with Gasteiger partial charge in [0.05, 0.1) is 10.7 Å². The summed E-state index contributed by atoms with van der Waals surface area (Å²) in [6, 6.07) is 6.54. The van der Waals surface area contributed by atoms with Crippen molar-refractivity contribution in [1.29, 1.82) is 0 Å². The largest absolute Gasteiger partial charge is 0.356 e. The Morgan fingerprint density at radius 2 is 2.04 bits per heavy atom. The standard InChI is InChI=1S/C17H23FN4S.HI/c1-4-16-21-15(12-23-16)9-10-20-17(19-2)22(3)11-13-5-7-14(18)8-6-13;/h5-8,12H,4,9-11H2,1-3H3,(H,19,20);1H. The van der Waals surface area contributed by atoms with Crippen LogP contribution in [0, 0.1) is 5.82 Å². The zero-order valence-electron chi connectivity index (χ0n) is 14.3. The van der Waals surface area contributed by atoms with Crippen LogP contribution in [0.2, 0.25) is 0 Å². The number of nitrogens with one attached hydrogen (secondary N) is 1. The number of aliphatic imine (C=N–C) groups is 1. The number of rotatable bonds is 6. The molecule has 0 saturated carbocycles. The molecule has 132 valence electrons. The Kier molecular flexibility index (Phi) is 9.20. The van der Waals surface area contributed by atoms with Crippen molar-refractivity contribution in [3.8, 4) is 0 Å². The summed E-state index contributed by atoms with van der Waals surface area (Å²) in [5.41, 5.74) is 2.17. The van der Waals surface area contributed by atoms with Crippen molar-refractivity contribution in [2.45, 2.75) is 26.3 Å². The Bertz CT molecular complexity index is 642. The molecule has 0 atom stereocenters. The molecule has 0 unspecified atom stereocenters. The zero-order valence-corrected chi connectivity index (χ0v) is 17.4. The van der Waals surface area contributed by atoms with Crippen LogP contribution in [0.25, 0.3) is 0 Å². The van der Waals surface area contributed by atoms with Crippen molar-refractivity contribution in [3.05, 3.63) is 51.7 Å². The molecule has 1 aromatic heterocycles. The van der Waals surface area contributed by atoms with Gasteiger partial charge in [0.1, 0.15) is 5.82 Å². The van der Waals surface area contributed by atoms with E-state index < -0.39 is 0 Å². The van der Waals surface area contributed by atoms with Gasteiger partial charge in [-0.2, -0.15) is 0 Å². The van der Waals surface area contributed by atoms with Gasteiger partial charge in [-0.05, 0) is 24.1 Å². The smallest absolute Gasteiger partial charge is 0.193 e. The van der Waals surface area contributed by atoms with Gasteiger partial charge in [0.2, 0.25) is 0 Å². The monoisotopic (exact) mass is 462 g/mol. The summed E-state index contributed by atoms with van der Waals surface area (Å²) in [6.07, 6.45) is 1.86. The molecule has 4 nitrogen and oxygen atoms in total. The van der Waals surface area contributed by atoms with E-state index in [2.05, 4.69) is 27.6 Å². The molecule has 1 N–H and O–H groups in total. The number of halogens is 2. The van der Waals surface area contributed by atoms with E-state index in [1.54, 1.807) is 30.5 Å². The molecule has 0 spiro atoms. The predicted octanol–water partition coefficient (Wildman–Crippen LogP) is 3.71. The van der Waals surface area contributed by atoms with Crippen LogP contribution in [0.5, 0.6) is 0 Å². The second-order valence-electron chi connectivity index (χ2n) is 5.29. The first-order valence-electron chi connectivity index (χ1n) is 7.72. The maximum atomic E-state index is 12.9. The minimum atomic E-state index is -0.214. The molecule has 0 aliphatic rings. The second-order valence-corrected chi connectivity index (χ2v) is 6.24. The third-order valence-corrected chi connectivity index (χ3v) is 4.51. The van der Waals surface area contributed by atoms with Gasteiger partial charge in [0, 0.05) is 39.0 Å². The minimum absolute atomic E-state index is 0. The van der Waals surface area contributed by atoms with E-state index in [0.29, 0.717) is 6.54 Å². The molecule has 0 fully saturated rings. The summed E-state index contributed by atoms with van der Waals surface area (Å²) >= 11 is 1.71. The summed E-state index contributed by atoms with van der Waals surface area (Å²) in [5.74, 6) is 0.605. The molecule has 0 aliphatic heterocycles. The normalized spacial score (nSPS) is 11.1. The van der Waals surface area contributed by atoms with Crippen molar-refractivity contribution < 1.29 is 4.39 Å². The SMILES string of the molecule is CCc1nc(CCNC(=NC)N(C)Cc2ccc(F)cc2)cs1.I. The summed E-state index contributed by atoms with van der Waals surface area (Å²) in [6.45, 7) is 3.58. The Hall–Kier alpha value is -1.22. The van der Waals surface area contributed by atoms with Crippen molar-refractivity contribution in [1.82, 2.24) is 15.2 Å². The molecule has 0 saturated heterocycles. The summed E-state index contributed by atoms with van der Waals surface area (Å²) in [4.78, 5) is 10.9. The van der Waals surface area contributed by atoms with E-state index in [1.165, 1.54) is 17.1 Å². The molecule has 1 heterocycles. The van der Waals surface area contributed by atoms with Gasteiger partial charge >= 0.3 is 0 Å². The molecular weight excluding hydrogens is 438 g/mol. The van der Waals surface area contributed by atoms with Crippen molar-refractivity contribution in [3.63, 3.8) is 0 Å². The topological polar surface area (TPSA) is 40.5 Å². The van der Waals surface area contributed by atoms with E-state index in [-0.39, 0.29) is 29.8 Å². The fraction of sp³-hybridized carbons (Fsp3) is 0.412. The van der Waals surface area contributed by atoms with E-state index >= 15 is 0 Å². The maximum Gasteiger partial charge on any atom is 0.193 e. The van der Waals surface area contributed by atoms with Crippen LogP contribution in [-0.2, 0) is 19.4 Å². The molecule has 0 bridgehead atoms. The molecule has 0 amide bonds. The lowest BCUT2D eigenvalue weighted by atomic mass is 10.2. The average molecular weight is 462 g/mol. The molecule has 0 radical (unpaired) electrons. The molecular formula is C17H24FIN4S. The van der Waals surface area contributed by atoms with Crippen LogP contribution < -0.4 is 5.32 Å². The predicted molar refractivity (Wildman–Crippen MR) is 110 cm³/mol. The van der Waals surface area contributed by atoms with Crippen LogP contribution in [0.15, 0.2) is 34.6 Å². The minimum Gasteiger partial charge on any atom is -0.356 e. The quantitative estimate of drug-likeness (QED) is 0.404. The highest BCUT2D eigenvalue weighted by Crippen LogP contribution is 2.10. The Balaban J connectivity index is 0.00000288. The summed E-state index contributed by atoms with van der Waals surface area (Å²) in [7, 11) is 3.73. The highest BCUT2D eigenvalue weighted by atomic mass is 127. The second kappa shape index (κ2) is 10.6. The zero-order chi connectivity index (χ0) is 16.7. The van der Waals surface area contributed by atoms with Crippen molar-refractivity contribution in [2.24, 2.45) is 4.99 Å². The van der Waals surface area contributed by atoms with Crippen LogP contribution in [-0.4, -0.2) is 36.5 Å². The molecule has 1 aromatic carbocycles. The number of guanidine groups is 1. The first-order chi connectivity index (χ1) is 11.1. The fourth-order valence-corrected chi connectivity index (χ4v) is 3.03. The first-order valence-corrected chi connectivity index (χ1v) is 8.59. The lowest BCUT2D eigenvalue weighted by Crippen LogP contribution is -2.39. The van der Waals surface area contributed by atoms with Crippen molar-refractivity contribution >= 4 is 41.3 Å². The van der Waals surface area contributed by atoms with Crippen LogP contribution in [0.1, 0.15) is 23.2 Å². The highest BCUT2D eigenvalue weighted by Gasteiger charge is 2.07. The average Bonchev–Trinajstić information content (AvgIpc) is 3.01. The van der Waals surface area contributed by atoms with E-state index in [0.717, 1.165) is 36.6 Å². The molecule has 24 heavy (non-hydrogen) atoms. The fourth-order valence-electron chi connectivity index (χ4n) is 2.25. The first kappa shape index (κ1) is 20.8. The molecule has 7 heteroatoms. The van der Waals surface area contributed by atoms with E-state index in [9.17, 15) is 4.39 Å². The van der Waals surface area contributed by atoms with Crippen LogP contribution in [0.4, 0.5) is 4.39 Å². The summed E-state index contributed by atoms with van der Waals surface area (Å²) in [5, 5.41) is 6.64. The third kappa shape index (κ3) is 6.35. The van der Waals surface area contributed by atoms with Crippen LogP contribution in [0.3, 0.4) is 0 Å². The number of hydrogen-bond donors (Lipinski definition) is 1. The Labute approximate surface area is 164 Å². The van der Waals surface area contributed by atoms with Gasteiger partial charge in [-0.15, -0.1) is 35.3 Å². The summed E-state index contributed by atoms with van der Waals surface area (Å²) < 4.78 is 12.9. The lowest BCUT2D eigenvalue weighted by molar-refractivity contribution is 0.476. The van der Waals surface area contributed by atoms with Gasteiger partial charge < -0.3 is 10.2 Å². The maximum absolute atomic E-state index is 12.9.